The summed E-state index contributed by atoms with van der Waals surface area (Å²) < 4.78 is 42.3. The number of hydrogen-bond acceptors (Lipinski definition) is 3. The van der Waals surface area contributed by atoms with E-state index in [-0.39, 0.29) is 13.2 Å². The van der Waals surface area contributed by atoms with E-state index in [0.717, 1.165) is 4.47 Å². The van der Waals surface area contributed by atoms with Crippen LogP contribution >= 0.6 is 15.9 Å². The lowest BCUT2D eigenvalue weighted by Gasteiger charge is -2.09. The summed E-state index contributed by atoms with van der Waals surface area (Å²) in [5, 5.41) is 12.2. The highest BCUT2D eigenvalue weighted by Crippen LogP contribution is 2.29. The number of rotatable bonds is 4. The van der Waals surface area contributed by atoms with E-state index in [1.807, 2.05) is 0 Å². The van der Waals surface area contributed by atoms with Crippen molar-refractivity contribution in [1.29, 1.82) is 0 Å². The predicted molar refractivity (Wildman–Crippen MR) is 67.6 cm³/mol. The summed E-state index contributed by atoms with van der Waals surface area (Å²) in [6.07, 6.45) is -2.84. The predicted octanol–water partition coefficient (Wildman–Crippen LogP) is 3.34. The van der Waals surface area contributed by atoms with Gasteiger partial charge in [-0.3, -0.25) is 0 Å². The molecule has 0 fully saturated rings. The Bertz CT molecular complexity index is 580. The van der Waals surface area contributed by atoms with Gasteiger partial charge in [0.2, 0.25) is 0 Å². The summed E-state index contributed by atoms with van der Waals surface area (Å²) in [6, 6.07) is 3.45. The highest BCUT2D eigenvalue weighted by molar-refractivity contribution is 9.10. The van der Waals surface area contributed by atoms with E-state index >= 15 is 0 Å². The molecule has 104 valence electrons. The molecular formula is C12H11BrF3NO2. The van der Waals surface area contributed by atoms with Gasteiger partial charge in [-0.05, 0) is 12.1 Å². The smallest absolute Gasteiger partial charge is 0.401 e. The minimum Gasteiger partial charge on any atom is -0.464 e. The molecule has 19 heavy (non-hydrogen) atoms. The summed E-state index contributed by atoms with van der Waals surface area (Å²) in [4.78, 5) is 0. The molecule has 0 atom stereocenters. The van der Waals surface area contributed by atoms with Crippen LogP contribution in [0.5, 0.6) is 0 Å². The fourth-order valence-corrected chi connectivity index (χ4v) is 2.32. The Hall–Kier alpha value is -1.05. The van der Waals surface area contributed by atoms with Crippen molar-refractivity contribution in [2.75, 3.05) is 6.54 Å². The van der Waals surface area contributed by atoms with E-state index in [1.54, 1.807) is 12.1 Å². The first-order valence-electron chi connectivity index (χ1n) is 5.47. The van der Waals surface area contributed by atoms with Crippen molar-refractivity contribution in [2.45, 2.75) is 19.3 Å². The third-order valence-corrected chi connectivity index (χ3v) is 3.06. The third-order valence-electron chi connectivity index (χ3n) is 2.61. The second-order valence-electron chi connectivity index (χ2n) is 4.08. The van der Waals surface area contributed by atoms with Gasteiger partial charge in [0.15, 0.2) is 0 Å². The van der Waals surface area contributed by atoms with Gasteiger partial charge in [0.25, 0.3) is 0 Å². The molecule has 1 heterocycles. The first-order valence-corrected chi connectivity index (χ1v) is 6.27. The van der Waals surface area contributed by atoms with Crippen LogP contribution in [0.15, 0.2) is 27.3 Å². The minimum absolute atomic E-state index is 0.0355. The van der Waals surface area contributed by atoms with Crippen molar-refractivity contribution in [1.82, 2.24) is 5.32 Å². The van der Waals surface area contributed by atoms with Crippen LogP contribution in [-0.2, 0) is 13.2 Å². The lowest BCUT2D eigenvalue weighted by molar-refractivity contribution is -0.125. The molecule has 0 radical (unpaired) electrons. The number of aliphatic hydroxyl groups is 1. The summed E-state index contributed by atoms with van der Waals surface area (Å²) in [5.41, 5.74) is 1.70. The number of fused-ring (bicyclic) bond motifs is 1. The Balaban J connectivity index is 2.25. The summed E-state index contributed by atoms with van der Waals surface area (Å²) in [6.45, 7) is -1.21. The molecule has 1 aromatic carbocycles. The van der Waals surface area contributed by atoms with Crippen LogP contribution in [0, 0.1) is 0 Å². The van der Waals surface area contributed by atoms with Gasteiger partial charge >= 0.3 is 6.18 Å². The van der Waals surface area contributed by atoms with Crippen molar-refractivity contribution < 1.29 is 22.7 Å². The maximum atomic E-state index is 12.1. The molecule has 0 unspecified atom stereocenters. The van der Waals surface area contributed by atoms with E-state index in [0.29, 0.717) is 22.1 Å². The van der Waals surface area contributed by atoms with Gasteiger partial charge in [-0.15, -0.1) is 0 Å². The molecule has 0 aliphatic heterocycles. The van der Waals surface area contributed by atoms with Crippen molar-refractivity contribution in [3.8, 4) is 0 Å². The summed E-state index contributed by atoms with van der Waals surface area (Å²) in [7, 11) is 0. The average molecular weight is 338 g/mol. The lowest BCUT2D eigenvalue weighted by Crippen LogP contribution is -2.28. The quantitative estimate of drug-likeness (QED) is 0.899. The van der Waals surface area contributed by atoms with Crippen LogP contribution in [0.4, 0.5) is 13.2 Å². The highest BCUT2D eigenvalue weighted by atomic mass is 79.9. The van der Waals surface area contributed by atoms with Crippen LogP contribution < -0.4 is 5.32 Å². The number of halogens is 4. The normalized spacial score (nSPS) is 12.3. The zero-order chi connectivity index (χ0) is 14.0. The van der Waals surface area contributed by atoms with Gasteiger partial charge in [0.1, 0.15) is 5.58 Å². The van der Waals surface area contributed by atoms with Crippen LogP contribution in [0.3, 0.4) is 0 Å². The molecule has 0 saturated carbocycles. The van der Waals surface area contributed by atoms with Crippen molar-refractivity contribution in [3.63, 3.8) is 0 Å². The van der Waals surface area contributed by atoms with E-state index in [2.05, 4.69) is 21.2 Å². The Kier molecular flexibility index (Phi) is 4.17. The van der Waals surface area contributed by atoms with E-state index in [4.69, 9.17) is 9.52 Å². The molecule has 0 bridgehead atoms. The van der Waals surface area contributed by atoms with Gasteiger partial charge in [-0.1, -0.05) is 15.9 Å². The lowest BCUT2D eigenvalue weighted by atomic mass is 10.1. The highest BCUT2D eigenvalue weighted by Gasteiger charge is 2.26. The van der Waals surface area contributed by atoms with Gasteiger partial charge < -0.3 is 14.8 Å². The van der Waals surface area contributed by atoms with E-state index < -0.39 is 12.7 Å². The zero-order valence-corrected chi connectivity index (χ0v) is 11.3. The van der Waals surface area contributed by atoms with Crippen LogP contribution in [-0.4, -0.2) is 17.8 Å². The Morgan fingerprint density at radius 1 is 1.26 bits per heavy atom. The molecule has 0 spiro atoms. The molecule has 0 aliphatic rings. The molecule has 2 aromatic rings. The minimum atomic E-state index is -4.25. The molecule has 0 saturated heterocycles. The molecule has 3 nitrogen and oxygen atoms in total. The van der Waals surface area contributed by atoms with Crippen LogP contribution in [0.1, 0.15) is 11.1 Å². The molecule has 0 aliphatic carbocycles. The molecule has 7 heteroatoms. The molecule has 1 aromatic heterocycles. The number of furan rings is 1. The standard InChI is InChI=1S/C12H11BrF3NO2/c13-9-1-7(3-17-6-12(14,15)16)11-10(2-9)8(4-18)5-19-11/h1-2,5,17-18H,3-4,6H2. The topological polar surface area (TPSA) is 45.4 Å². The molecule has 2 rings (SSSR count). The number of aliphatic hydroxyl groups excluding tert-OH is 1. The van der Waals surface area contributed by atoms with Crippen LogP contribution in [0.25, 0.3) is 11.0 Å². The first kappa shape index (κ1) is 14.4. The number of nitrogens with one attached hydrogen (secondary N) is 1. The van der Waals surface area contributed by atoms with Crippen molar-refractivity contribution >= 4 is 26.9 Å². The molecule has 0 amide bonds. The van der Waals surface area contributed by atoms with Crippen molar-refractivity contribution in [2.24, 2.45) is 0 Å². The SMILES string of the molecule is OCc1coc2c(CNCC(F)(F)F)cc(Br)cc12. The number of hydrogen-bond donors (Lipinski definition) is 2. The molecular weight excluding hydrogens is 327 g/mol. The maximum absolute atomic E-state index is 12.1. The maximum Gasteiger partial charge on any atom is 0.401 e. The Labute approximate surface area is 115 Å². The number of alkyl halides is 3. The molecule has 2 N–H and O–H groups in total. The van der Waals surface area contributed by atoms with E-state index in [9.17, 15) is 13.2 Å². The largest absolute Gasteiger partial charge is 0.464 e. The summed E-state index contributed by atoms with van der Waals surface area (Å²) >= 11 is 3.29. The average Bonchev–Trinajstić information content (AvgIpc) is 2.70. The first-order chi connectivity index (χ1) is 8.90. The monoisotopic (exact) mass is 337 g/mol. The van der Waals surface area contributed by atoms with Gasteiger partial charge in [0.05, 0.1) is 19.4 Å². The van der Waals surface area contributed by atoms with Crippen molar-refractivity contribution in [3.05, 3.63) is 34.0 Å². The Morgan fingerprint density at radius 3 is 2.63 bits per heavy atom. The fraction of sp³-hybridized carbons (Fsp3) is 0.333. The van der Waals surface area contributed by atoms with Gasteiger partial charge in [0, 0.05) is 27.5 Å². The number of benzene rings is 1. The van der Waals surface area contributed by atoms with E-state index in [1.165, 1.54) is 6.26 Å². The third kappa shape index (κ3) is 3.49. The Morgan fingerprint density at radius 2 is 2.00 bits per heavy atom. The summed E-state index contributed by atoms with van der Waals surface area (Å²) in [5.74, 6) is 0. The zero-order valence-electron chi connectivity index (χ0n) is 9.72. The van der Waals surface area contributed by atoms with Crippen LogP contribution in [0.2, 0.25) is 0 Å². The van der Waals surface area contributed by atoms with Gasteiger partial charge in [-0.2, -0.15) is 13.2 Å². The second-order valence-corrected chi connectivity index (χ2v) is 5.00. The van der Waals surface area contributed by atoms with Gasteiger partial charge in [-0.25, -0.2) is 0 Å². The second kappa shape index (κ2) is 5.52. The fourth-order valence-electron chi connectivity index (χ4n) is 1.81.